The number of halogens is 1. The molecule has 2 amide bonds. The number of pyridine rings is 2. The highest BCUT2D eigenvalue weighted by molar-refractivity contribution is 6.31. The second kappa shape index (κ2) is 9.78. The number of rotatable bonds is 9. The van der Waals surface area contributed by atoms with E-state index in [9.17, 15) is 9.59 Å². The van der Waals surface area contributed by atoms with Crippen LogP contribution < -0.4 is 11.1 Å². The first-order chi connectivity index (χ1) is 19.1. The van der Waals surface area contributed by atoms with Crippen molar-refractivity contribution in [2.75, 3.05) is 0 Å². The maximum absolute atomic E-state index is 12.9. The minimum absolute atomic E-state index is 0.243. The molecule has 40 heavy (non-hydrogen) atoms. The number of imidazole rings is 2. The second-order valence-corrected chi connectivity index (χ2v) is 11.7. The minimum atomic E-state index is -0.688. The van der Waals surface area contributed by atoms with Crippen LogP contribution in [0.5, 0.6) is 0 Å². The maximum Gasteiger partial charge on any atom is 0.254 e. The Kier molecular flexibility index (Phi) is 6.37. The number of nitrogens with one attached hydrogen (secondary N) is 1. The fraction of sp³-hybridized carbons (Fsp3) is 0.345. The van der Waals surface area contributed by atoms with E-state index in [0.717, 1.165) is 33.7 Å². The zero-order chi connectivity index (χ0) is 28.2. The molecule has 3 N–H and O–H groups in total. The fourth-order valence-electron chi connectivity index (χ4n) is 5.09. The fourth-order valence-corrected chi connectivity index (χ4v) is 5.23. The van der Waals surface area contributed by atoms with E-state index in [1.807, 2.05) is 48.0 Å². The Labute approximate surface area is 236 Å². The van der Waals surface area contributed by atoms with Crippen LogP contribution >= 0.6 is 11.6 Å². The van der Waals surface area contributed by atoms with Gasteiger partial charge >= 0.3 is 0 Å². The normalized spacial score (nSPS) is 13.8. The molecule has 5 aromatic heterocycles. The van der Waals surface area contributed by atoms with Gasteiger partial charge < -0.3 is 19.9 Å². The van der Waals surface area contributed by atoms with E-state index in [1.54, 1.807) is 23.4 Å². The van der Waals surface area contributed by atoms with Crippen molar-refractivity contribution in [3.05, 3.63) is 88.1 Å². The summed E-state index contributed by atoms with van der Waals surface area (Å²) in [4.78, 5) is 34.2. The number of hydrogen-bond donors (Lipinski definition) is 2. The van der Waals surface area contributed by atoms with Crippen molar-refractivity contribution in [1.82, 2.24) is 33.9 Å². The molecule has 1 saturated carbocycles. The molecule has 0 aromatic carbocycles. The van der Waals surface area contributed by atoms with E-state index in [1.165, 1.54) is 18.4 Å². The summed E-state index contributed by atoms with van der Waals surface area (Å²) >= 11 is 6.28. The number of hydrogen-bond acceptors (Lipinski definition) is 5. The average molecular weight is 559 g/mol. The Balaban J connectivity index is 1.19. The van der Waals surface area contributed by atoms with Crippen molar-refractivity contribution < 1.29 is 9.59 Å². The molecule has 0 bridgehead atoms. The topological polar surface area (TPSA) is 125 Å². The number of aromatic nitrogens is 6. The van der Waals surface area contributed by atoms with Gasteiger partial charge in [0.1, 0.15) is 5.65 Å². The Hall–Kier alpha value is -4.18. The van der Waals surface area contributed by atoms with Crippen LogP contribution in [-0.4, -0.2) is 40.4 Å². The van der Waals surface area contributed by atoms with Crippen LogP contribution in [0.4, 0.5) is 0 Å². The zero-order valence-electron chi connectivity index (χ0n) is 22.7. The van der Waals surface area contributed by atoms with Gasteiger partial charge in [0.15, 0.2) is 0 Å². The number of fused-ring (bicyclic) bond motifs is 2. The summed E-state index contributed by atoms with van der Waals surface area (Å²) in [6.45, 7) is 6.32. The highest BCUT2D eigenvalue weighted by Crippen LogP contribution is 2.41. The van der Waals surface area contributed by atoms with Crippen LogP contribution in [0.15, 0.2) is 49.4 Å². The smallest absolute Gasteiger partial charge is 0.254 e. The van der Waals surface area contributed by atoms with Crippen LogP contribution in [0.1, 0.15) is 71.0 Å². The number of primary amides is 1. The van der Waals surface area contributed by atoms with Crippen molar-refractivity contribution in [1.29, 1.82) is 0 Å². The number of aryl methyl sites for hydroxylation is 1. The molecule has 6 rings (SSSR count). The summed E-state index contributed by atoms with van der Waals surface area (Å²) in [5.41, 5.74) is 11.8. The molecule has 0 unspecified atom stereocenters. The summed E-state index contributed by atoms with van der Waals surface area (Å²) in [7, 11) is 0. The lowest BCUT2D eigenvalue weighted by Crippen LogP contribution is -2.33. The Morgan fingerprint density at radius 1 is 1.20 bits per heavy atom. The monoisotopic (exact) mass is 558 g/mol. The molecule has 0 spiro atoms. The Bertz CT molecular complexity index is 1780. The van der Waals surface area contributed by atoms with Crippen LogP contribution in [0, 0.1) is 12.3 Å². The molecule has 10 nitrogen and oxygen atoms in total. The highest BCUT2D eigenvalue weighted by Gasteiger charge is 2.29. The first kappa shape index (κ1) is 26.1. The van der Waals surface area contributed by atoms with Crippen LogP contribution in [-0.2, 0) is 24.3 Å². The van der Waals surface area contributed by atoms with E-state index in [0.29, 0.717) is 29.5 Å². The predicted octanol–water partition coefficient (Wildman–Crippen LogP) is 4.05. The third-order valence-electron chi connectivity index (χ3n) is 7.65. The molecule has 5 aromatic rings. The Morgan fingerprint density at radius 3 is 2.75 bits per heavy atom. The number of nitrogens with zero attached hydrogens (tertiary/aromatic N) is 6. The largest absolute Gasteiger partial charge is 0.369 e. The van der Waals surface area contributed by atoms with Gasteiger partial charge in [0.05, 0.1) is 48.1 Å². The third-order valence-corrected chi connectivity index (χ3v) is 8.06. The molecule has 5 heterocycles. The van der Waals surface area contributed by atoms with E-state index >= 15 is 0 Å². The minimum Gasteiger partial charge on any atom is -0.369 e. The highest BCUT2D eigenvalue weighted by atomic mass is 35.5. The Morgan fingerprint density at radius 2 is 2.00 bits per heavy atom. The van der Waals surface area contributed by atoms with Gasteiger partial charge in [0, 0.05) is 35.2 Å². The van der Waals surface area contributed by atoms with E-state index in [-0.39, 0.29) is 18.4 Å². The first-order valence-electron chi connectivity index (χ1n) is 13.3. The summed E-state index contributed by atoms with van der Waals surface area (Å²) in [6.07, 6.45) is 13.8. The van der Waals surface area contributed by atoms with Crippen LogP contribution in [0.3, 0.4) is 0 Å². The number of carbonyl (C=O) groups is 2. The lowest BCUT2D eigenvalue weighted by Gasteiger charge is -2.21. The van der Waals surface area contributed by atoms with Gasteiger partial charge in [0.25, 0.3) is 5.91 Å². The molecule has 1 aliphatic rings. The van der Waals surface area contributed by atoms with E-state index in [2.05, 4.69) is 27.7 Å². The van der Waals surface area contributed by atoms with Crippen molar-refractivity contribution >= 4 is 34.6 Å². The van der Waals surface area contributed by atoms with E-state index < -0.39 is 5.41 Å². The zero-order valence-corrected chi connectivity index (χ0v) is 23.4. The number of amides is 2. The van der Waals surface area contributed by atoms with Gasteiger partial charge in [-0.3, -0.25) is 14.3 Å². The SMILES string of the molecule is Cc1c(Cl)ccn2cnc(CNC(=O)c3cnn(Cc4cn5cc(C6CC6)cc(CC(C)(C)C(N)=O)c5n4)c3)c12. The summed E-state index contributed by atoms with van der Waals surface area (Å²) in [5, 5.41) is 7.98. The van der Waals surface area contributed by atoms with Gasteiger partial charge in [0.2, 0.25) is 5.91 Å². The van der Waals surface area contributed by atoms with Gasteiger partial charge in [-0.2, -0.15) is 5.10 Å². The third kappa shape index (κ3) is 4.95. The maximum atomic E-state index is 12.9. The molecule has 0 aliphatic heterocycles. The molecule has 0 radical (unpaired) electrons. The number of nitrogens with two attached hydrogens (primary N) is 1. The molecule has 0 saturated heterocycles. The second-order valence-electron chi connectivity index (χ2n) is 11.3. The standard InChI is InChI=1S/C29H31ClN8O2/c1-17-23(30)6-7-36-16-33-24(25(17)36)11-32-27(39)21-10-34-38(13-21)15-22-14-37-12-20(18-4-5-18)8-19(26(37)35-22)9-29(2,3)28(31)40/h6-8,10,12-14,16,18H,4-5,9,11,15H2,1-3H3,(H2,31,40)(H,32,39). The molecule has 206 valence electrons. The van der Waals surface area contributed by atoms with Crippen molar-refractivity contribution in [3.8, 4) is 0 Å². The molecule has 0 atom stereocenters. The van der Waals surface area contributed by atoms with Gasteiger partial charge in [-0.1, -0.05) is 31.5 Å². The number of carbonyl (C=O) groups excluding carboxylic acids is 2. The lowest BCUT2D eigenvalue weighted by atomic mass is 9.85. The molecule has 11 heteroatoms. The van der Waals surface area contributed by atoms with Crippen LogP contribution in [0.25, 0.3) is 11.2 Å². The first-order valence-corrected chi connectivity index (χ1v) is 13.7. The van der Waals surface area contributed by atoms with Gasteiger partial charge in [-0.05, 0) is 54.9 Å². The van der Waals surface area contributed by atoms with E-state index in [4.69, 9.17) is 22.3 Å². The molecular formula is C29H31ClN8O2. The van der Waals surface area contributed by atoms with Crippen molar-refractivity contribution in [2.45, 2.75) is 59.0 Å². The van der Waals surface area contributed by atoms with Crippen molar-refractivity contribution in [3.63, 3.8) is 0 Å². The molecule has 1 fully saturated rings. The van der Waals surface area contributed by atoms with Crippen molar-refractivity contribution in [2.24, 2.45) is 11.1 Å². The lowest BCUT2D eigenvalue weighted by molar-refractivity contribution is -0.125. The van der Waals surface area contributed by atoms with Gasteiger partial charge in [-0.25, -0.2) is 9.97 Å². The predicted molar refractivity (Wildman–Crippen MR) is 151 cm³/mol. The summed E-state index contributed by atoms with van der Waals surface area (Å²) in [6, 6.07) is 3.99. The molecular weight excluding hydrogens is 528 g/mol. The summed E-state index contributed by atoms with van der Waals surface area (Å²) < 4.78 is 5.63. The summed E-state index contributed by atoms with van der Waals surface area (Å²) in [5.74, 6) is -0.0253. The quantitative estimate of drug-likeness (QED) is 0.282. The molecule has 1 aliphatic carbocycles. The average Bonchev–Trinajstić information content (AvgIpc) is 3.31. The van der Waals surface area contributed by atoms with Crippen LogP contribution in [0.2, 0.25) is 5.02 Å². The van der Waals surface area contributed by atoms with Gasteiger partial charge in [-0.15, -0.1) is 0 Å².